The summed E-state index contributed by atoms with van der Waals surface area (Å²) < 4.78 is 0. The van der Waals surface area contributed by atoms with Crippen molar-refractivity contribution in [3.05, 3.63) is 0 Å². The monoisotopic (exact) mass is 202 g/mol. The zero-order valence-electron chi connectivity index (χ0n) is 8.88. The molecule has 2 nitrogen and oxygen atoms in total. The van der Waals surface area contributed by atoms with Gasteiger partial charge in [0.15, 0.2) is 0 Å². The van der Waals surface area contributed by atoms with E-state index >= 15 is 0 Å². The van der Waals surface area contributed by atoms with Gasteiger partial charge >= 0.3 is 0 Å². The van der Waals surface area contributed by atoms with E-state index < -0.39 is 0 Å². The third kappa shape index (κ3) is 3.88. The summed E-state index contributed by atoms with van der Waals surface area (Å²) in [7, 11) is 0. The third-order valence-electron chi connectivity index (χ3n) is 2.34. The van der Waals surface area contributed by atoms with Crippen LogP contribution in [-0.4, -0.2) is 42.2 Å². The van der Waals surface area contributed by atoms with E-state index in [0.717, 1.165) is 5.37 Å². The Kier molecular flexibility index (Phi) is 5.83. The van der Waals surface area contributed by atoms with Crippen molar-refractivity contribution in [1.82, 2.24) is 10.2 Å². The first-order chi connectivity index (χ1) is 6.38. The van der Waals surface area contributed by atoms with Gasteiger partial charge in [-0.2, -0.15) is 0 Å². The Labute approximate surface area is 86.5 Å². The van der Waals surface area contributed by atoms with Gasteiger partial charge in [-0.15, -0.1) is 11.8 Å². The molecule has 1 rings (SSSR count). The number of nitrogens with one attached hydrogen (secondary N) is 1. The number of hydrogen-bond acceptors (Lipinski definition) is 3. The molecule has 1 atom stereocenters. The molecule has 1 aliphatic rings. The fourth-order valence-corrected chi connectivity index (χ4v) is 2.95. The van der Waals surface area contributed by atoms with Crippen LogP contribution in [0.25, 0.3) is 0 Å². The van der Waals surface area contributed by atoms with Gasteiger partial charge < -0.3 is 5.32 Å². The molecule has 1 aliphatic heterocycles. The average molecular weight is 202 g/mol. The topological polar surface area (TPSA) is 15.3 Å². The molecule has 78 valence electrons. The quantitative estimate of drug-likeness (QED) is 0.731. The Morgan fingerprint density at radius 1 is 1.31 bits per heavy atom. The van der Waals surface area contributed by atoms with Crippen LogP contribution in [0.3, 0.4) is 0 Å². The van der Waals surface area contributed by atoms with Crippen molar-refractivity contribution < 1.29 is 0 Å². The lowest BCUT2D eigenvalue weighted by Gasteiger charge is -2.33. The molecule has 0 aliphatic carbocycles. The van der Waals surface area contributed by atoms with E-state index in [0.29, 0.717) is 0 Å². The van der Waals surface area contributed by atoms with Crippen LogP contribution in [-0.2, 0) is 0 Å². The van der Waals surface area contributed by atoms with Gasteiger partial charge in [0.1, 0.15) is 0 Å². The Balaban J connectivity index is 2.32. The predicted octanol–water partition coefficient (Wildman–Crippen LogP) is 1.77. The van der Waals surface area contributed by atoms with Crippen LogP contribution in [0.4, 0.5) is 0 Å². The molecule has 1 heterocycles. The molecule has 0 aromatic carbocycles. The molecular formula is C10H22N2S. The van der Waals surface area contributed by atoms with E-state index in [-0.39, 0.29) is 0 Å². The third-order valence-corrected chi connectivity index (χ3v) is 3.63. The van der Waals surface area contributed by atoms with Gasteiger partial charge in [0.25, 0.3) is 0 Å². The summed E-state index contributed by atoms with van der Waals surface area (Å²) in [5.74, 6) is 1.27. The zero-order valence-corrected chi connectivity index (χ0v) is 9.70. The van der Waals surface area contributed by atoms with Crippen molar-refractivity contribution >= 4 is 11.8 Å². The molecule has 0 bridgehead atoms. The fraction of sp³-hybridized carbons (Fsp3) is 1.00. The molecule has 1 N–H and O–H groups in total. The van der Waals surface area contributed by atoms with Gasteiger partial charge in [-0.1, -0.05) is 13.8 Å². The summed E-state index contributed by atoms with van der Waals surface area (Å²) in [4.78, 5) is 2.62. The lowest BCUT2D eigenvalue weighted by atomic mass is 10.3. The van der Waals surface area contributed by atoms with E-state index in [1.54, 1.807) is 0 Å². The van der Waals surface area contributed by atoms with Crippen molar-refractivity contribution in [2.24, 2.45) is 0 Å². The highest BCUT2D eigenvalue weighted by Crippen LogP contribution is 2.18. The number of hydrogen-bond donors (Lipinski definition) is 1. The maximum atomic E-state index is 3.47. The Morgan fingerprint density at radius 2 is 2.00 bits per heavy atom. The predicted molar refractivity (Wildman–Crippen MR) is 61.3 cm³/mol. The van der Waals surface area contributed by atoms with Crippen molar-refractivity contribution in [3.8, 4) is 0 Å². The van der Waals surface area contributed by atoms with Crippen LogP contribution in [0, 0.1) is 0 Å². The first kappa shape index (κ1) is 11.3. The summed E-state index contributed by atoms with van der Waals surface area (Å²) in [5.41, 5.74) is 0. The number of nitrogens with zero attached hydrogens (tertiary/aromatic N) is 1. The molecule has 0 aromatic heterocycles. The molecule has 0 aromatic rings. The van der Waals surface area contributed by atoms with Crippen molar-refractivity contribution in [1.29, 1.82) is 0 Å². The van der Waals surface area contributed by atoms with Crippen LogP contribution >= 0.6 is 11.8 Å². The summed E-state index contributed by atoms with van der Waals surface area (Å²) in [6.07, 6.45) is 2.55. The second-order valence-electron chi connectivity index (χ2n) is 3.57. The van der Waals surface area contributed by atoms with Crippen molar-refractivity contribution in [2.45, 2.75) is 32.1 Å². The molecule has 0 saturated carbocycles. The van der Waals surface area contributed by atoms with Crippen LogP contribution in [0.2, 0.25) is 0 Å². The van der Waals surface area contributed by atoms with Crippen LogP contribution in [0.1, 0.15) is 26.7 Å². The van der Waals surface area contributed by atoms with E-state index in [1.807, 2.05) is 0 Å². The molecule has 1 unspecified atom stereocenters. The number of thioether (sulfide) groups is 1. The molecule has 1 fully saturated rings. The Morgan fingerprint density at radius 3 is 2.46 bits per heavy atom. The smallest absolute Gasteiger partial charge is 0.0684 e. The van der Waals surface area contributed by atoms with E-state index in [1.165, 1.54) is 44.8 Å². The summed E-state index contributed by atoms with van der Waals surface area (Å²) in [6.45, 7) is 9.41. The SMILES string of the molecule is CCCN(CCC)C1CNCCS1. The van der Waals surface area contributed by atoms with E-state index in [2.05, 4.69) is 35.8 Å². The van der Waals surface area contributed by atoms with E-state index in [9.17, 15) is 0 Å². The largest absolute Gasteiger partial charge is 0.313 e. The minimum atomic E-state index is 0.730. The van der Waals surface area contributed by atoms with Gasteiger partial charge in [0.2, 0.25) is 0 Å². The molecule has 13 heavy (non-hydrogen) atoms. The minimum absolute atomic E-state index is 0.730. The van der Waals surface area contributed by atoms with Gasteiger partial charge in [0.05, 0.1) is 5.37 Å². The highest BCUT2D eigenvalue weighted by molar-refractivity contribution is 7.99. The second-order valence-corrected chi connectivity index (χ2v) is 4.85. The van der Waals surface area contributed by atoms with Crippen molar-refractivity contribution in [2.75, 3.05) is 31.9 Å². The second kappa shape index (κ2) is 6.68. The lowest BCUT2D eigenvalue weighted by Crippen LogP contribution is -2.45. The molecule has 3 heteroatoms. The van der Waals surface area contributed by atoms with E-state index in [4.69, 9.17) is 0 Å². The van der Waals surface area contributed by atoms with Gasteiger partial charge in [-0.05, 0) is 25.9 Å². The Hall–Kier alpha value is 0.270. The molecule has 1 saturated heterocycles. The highest BCUT2D eigenvalue weighted by atomic mass is 32.2. The fourth-order valence-electron chi connectivity index (χ4n) is 1.76. The van der Waals surface area contributed by atoms with Crippen LogP contribution in [0.15, 0.2) is 0 Å². The average Bonchev–Trinajstić information content (AvgIpc) is 2.19. The normalized spacial score (nSPS) is 23.8. The number of rotatable bonds is 5. The summed E-state index contributed by atoms with van der Waals surface area (Å²) >= 11 is 2.11. The summed E-state index contributed by atoms with van der Waals surface area (Å²) in [6, 6.07) is 0. The van der Waals surface area contributed by atoms with Gasteiger partial charge in [-0.3, -0.25) is 4.90 Å². The van der Waals surface area contributed by atoms with Gasteiger partial charge in [0, 0.05) is 18.8 Å². The first-order valence-electron chi connectivity index (χ1n) is 5.44. The molecular weight excluding hydrogens is 180 g/mol. The van der Waals surface area contributed by atoms with Crippen LogP contribution in [0.5, 0.6) is 0 Å². The maximum Gasteiger partial charge on any atom is 0.0684 e. The Bertz CT molecular complexity index is 118. The maximum absolute atomic E-state index is 3.47. The first-order valence-corrected chi connectivity index (χ1v) is 6.49. The van der Waals surface area contributed by atoms with Crippen molar-refractivity contribution in [3.63, 3.8) is 0 Å². The summed E-state index contributed by atoms with van der Waals surface area (Å²) in [5, 5.41) is 4.20. The zero-order chi connectivity index (χ0) is 9.52. The molecule has 0 radical (unpaired) electrons. The van der Waals surface area contributed by atoms with Crippen LogP contribution < -0.4 is 5.32 Å². The highest BCUT2D eigenvalue weighted by Gasteiger charge is 2.19. The molecule has 0 spiro atoms. The molecule has 0 amide bonds. The minimum Gasteiger partial charge on any atom is -0.313 e. The van der Waals surface area contributed by atoms with Gasteiger partial charge in [-0.25, -0.2) is 0 Å². The standard InChI is InChI=1S/C10H22N2S/c1-3-6-12(7-4-2)10-9-11-5-8-13-10/h10-11H,3-9H2,1-2H3. The lowest BCUT2D eigenvalue weighted by molar-refractivity contribution is 0.249.